The number of phenols is 1. The predicted molar refractivity (Wildman–Crippen MR) is 101 cm³/mol. The Kier molecular flexibility index (Phi) is 6.88. The van der Waals surface area contributed by atoms with E-state index >= 15 is 0 Å². The number of hydrogen-bond acceptors (Lipinski definition) is 2. The van der Waals surface area contributed by atoms with E-state index in [4.69, 9.17) is 12.2 Å². The second-order valence-corrected chi connectivity index (χ2v) is 6.01. The molecule has 0 saturated heterocycles. The lowest BCUT2D eigenvalue weighted by molar-refractivity contribution is 0.475. The molecule has 0 aliphatic carbocycles. The zero-order valence-electron chi connectivity index (χ0n) is 13.5. The summed E-state index contributed by atoms with van der Waals surface area (Å²) in [5.74, 6) is 0.293. The van der Waals surface area contributed by atoms with Crippen molar-refractivity contribution in [3.05, 3.63) is 59.7 Å². The van der Waals surface area contributed by atoms with Gasteiger partial charge in [-0.1, -0.05) is 37.6 Å². The Labute approximate surface area is 143 Å². The van der Waals surface area contributed by atoms with Crippen LogP contribution in [0.1, 0.15) is 30.9 Å². The number of rotatable bonds is 7. The molecule has 0 aromatic heterocycles. The highest BCUT2D eigenvalue weighted by atomic mass is 32.1. The first-order chi connectivity index (χ1) is 11.2. The van der Waals surface area contributed by atoms with Gasteiger partial charge in [-0.2, -0.15) is 0 Å². The zero-order valence-corrected chi connectivity index (χ0v) is 14.3. The predicted octanol–water partition coefficient (Wildman–Crippen LogP) is 4.26. The summed E-state index contributed by atoms with van der Waals surface area (Å²) in [4.78, 5) is 0. The Balaban J connectivity index is 1.72. The van der Waals surface area contributed by atoms with Gasteiger partial charge in [0.15, 0.2) is 5.11 Å². The lowest BCUT2D eigenvalue weighted by atomic mass is 10.1. The van der Waals surface area contributed by atoms with E-state index in [9.17, 15) is 5.11 Å². The number of aromatic hydroxyl groups is 1. The number of phenolic OH excluding ortho intramolecular Hbond substituents is 1. The third-order valence-electron chi connectivity index (χ3n) is 3.67. The van der Waals surface area contributed by atoms with Gasteiger partial charge < -0.3 is 15.7 Å². The second kappa shape index (κ2) is 9.16. The fourth-order valence-corrected chi connectivity index (χ4v) is 2.51. The first kappa shape index (κ1) is 17.3. The van der Waals surface area contributed by atoms with Gasteiger partial charge in [0.25, 0.3) is 0 Å². The molecule has 0 atom stereocenters. The number of nitrogens with one attached hydrogen (secondary N) is 2. The van der Waals surface area contributed by atoms with Crippen molar-refractivity contribution < 1.29 is 5.11 Å². The monoisotopic (exact) mass is 328 g/mol. The van der Waals surface area contributed by atoms with E-state index in [1.54, 1.807) is 12.1 Å². The van der Waals surface area contributed by atoms with Crippen LogP contribution < -0.4 is 10.6 Å². The van der Waals surface area contributed by atoms with E-state index in [2.05, 4.69) is 41.8 Å². The second-order valence-electron chi connectivity index (χ2n) is 5.60. The smallest absolute Gasteiger partial charge is 0.170 e. The van der Waals surface area contributed by atoms with Crippen LogP contribution in [0, 0.1) is 0 Å². The third-order valence-corrected chi connectivity index (χ3v) is 3.91. The highest BCUT2D eigenvalue weighted by molar-refractivity contribution is 7.80. The first-order valence-corrected chi connectivity index (χ1v) is 8.50. The minimum atomic E-state index is 0.293. The van der Waals surface area contributed by atoms with Crippen LogP contribution in [0.4, 0.5) is 5.69 Å². The SMILES string of the molecule is CCCCc1ccc(NC(=S)NCCc2ccc(O)cc2)cc1. The molecule has 2 rings (SSSR count). The van der Waals surface area contributed by atoms with Gasteiger partial charge in [0.2, 0.25) is 0 Å². The summed E-state index contributed by atoms with van der Waals surface area (Å²) < 4.78 is 0. The largest absolute Gasteiger partial charge is 0.508 e. The molecule has 0 unspecified atom stereocenters. The summed E-state index contributed by atoms with van der Waals surface area (Å²) in [5.41, 5.74) is 3.54. The molecule has 0 heterocycles. The zero-order chi connectivity index (χ0) is 16.5. The number of benzene rings is 2. The third kappa shape index (κ3) is 6.28. The van der Waals surface area contributed by atoms with E-state index in [1.165, 1.54) is 24.0 Å². The molecule has 0 radical (unpaired) electrons. The quantitative estimate of drug-likeness (QED) is 0.664. The van der Waals surface area contributed by atoms with Gasteiger partial charge in [0.05, 0.1) is 0 Å². The Morgan fingerprint density at radius 2 is 1.57 bits per heavy atom. The molecule has 4 heteroatoms. The van der Waals surface area contributed by atoms with Gasteiger partial charge >= 0.3 is 0 Å². The molecule has 0 spiro atoms. The Hall–Kier alpha value is -2.07. The molecule has 0 aliphatic rings. The molecule has 3 nitrogen and oxygen atoms in total. The van der Waals surface area contributed by atoms with E-state index in [0.717, 1.165) is 25.1 Å². The maximum Gasteiger partial charge on any atom is 0.170 e. The van der Waals surface area contributed by atoms with E-state index in [-0.39, 0.29) is 0 Å². The fraction of sp³-hybridized carbons (Fsp3) is 0.316. The minimum absolute atomic E-state index is 0.293. The summed E-state index contributed by atoms with van der Waals surface area (Å²) in [7, 11) is 0. The Morgan fingerprint density at radius 1 is 0.957 bits per heavy atom. The molecule has 122 valence electrons. The van der Waals surface area contributed by atoms with Crippen molar-refractivity contribution in [1.29, 1.82) is 0 Å². The van der Waals surface area contributed by atoms with Crippen LogP contribution >= 0.6 is 12.2 Å². The van der Waals surface area contributed by atoms with Crippen LogP contribution in [0.5, 0.6) is 5.75 Å². The highest BCUT2D eigenvalue weighted by Gasteiger charge is 1.99. The Bertz CT molecular complexity index is 608. The maximum atomic E-state index is 9.26. The average Bonchev–Trinajstić information content (AvgIpc) is 2.56. The summed E-state index contributed by atoms with van der Waals surface area (Å²) in [6.45, 7) is 2.96. The van der Waals surface area contributed by atoms with Crippen molar-refractivity contribution in [3.8, 4) is 5.75 Å². The van der Waals surface area contributed by atoms with Gasteiger partial charge in [-0.3, -0.25) is 0 Å². The molecule has 2 aromatic rings. The van der Waals surface area contributed by atoms with Crippen LogP contribution in [0.25, 0.3) is 0 Å². The number of hydrogen-bond donors (Lipinski definition) is 3. The molecule has 0 amide bonds. The topological polar surface area (TPSA) is 44.3 Å². The molecule has 0 aliphatic heterocycles. The van der Waals surface area contributed by atoms with Crippen LogP contribution in [0.2, 0.25) is 0 Å². The van der Waals surface area contributed by atoms with Crippen LogP contribution in [0.3, 0.4) is 0 Å². The molecule has 0 fully saturated rings. The normalized spacial score (nSPS) is 10.3. The number of thiocarbonyl (C=S) groups is 1. The minimum Gasteiger partial charge on any atom is -0.508 e. The van der Waals surface area contributed by atoms with Crippen LogP contribution in [-0.2, 0) is 12.8 Å². The maximum absolute atomic E-state index is 9.26. The molecule has 0 bridgehead atoms. The van der Waals surface area contributed by atoms with Gasteiger partial charge in [-0.15, -0.1) is 0 Å². The molecule has 23 heavy (non-hydrogen) atoms. The number of aryl methyl sites for hydroxylation is 1. The van der Waals surface area contributed by atoms with Crippen molar-refractivity contribution in [2.75, 3.05) is 11.9 Å². The summed E-state index contributed by atoms with van der Waals surface area (Å²) >= 11 is 5.31. The van der Waals surface area contributed by atoms with Gasteiger partial charge in [0, 0.05) is 12.2 Å². The highest BCUT2D eigenvalue weighted by Crippen LogP contribution is 2.12. The Morgan fingerprint density at radius 3 is 2.22 bits per heavy atom. The summed E-state index contributed by atoms with van der Waals surface area (Å²) in [6.07, 6.45) is 4.43. The van der Waals surface area contributed by atoms with Gasteiger partial charge in [-0.25, -0.2) is 0 Å². The standard InChI is InChI=1S/C19H24N2OS/c1-2-3-4-15-5-9-17(10-6-15)21-19(23)20-14-13-16-7-11-18(22)12-8-16/h5-12,22H,2-4,13-14H2,1H3,(H2,20,21,23). The lowest BCUT2D eigenvalue weighted by Gasteiger charge is -2.11. The van der Waals surface area contributed by atoms with Crippen molar-refractivity contribution in [2.24, 2.45) is 0 Å². The molecule has 0 saturated carbocycles. The summed E-state index contributed by atoms with van der Waals surface area (Å²) in [5, 5.41) is 16.3. The van der Waals surface area contributed by atoms with Crippen molar-refractivity contribution in [2.45, 2.75) is 32.6 Å². The number of unbranched alkanes of at least 4 members (excludes halogenated alkanes) is 1. The molecular weight excluding hydrogens is 304 g/mol. The summed E-state index contributed by atoms with van der Waals surface area (Å²) in [6, 6.07) is 15.7. The first-order valence-electron chi connectivity index (χ1n) is 8.09. The van der Waals surface area contributed by atoms with Crippen LogP contribution in [0.15, 0.2) is 48.5 Å². The van der Waals surface area contributed by atoms with Crippen molar-refractivity contribution in [1.82, 2.24) is 5.32 Å². The van der Waals surface area contributed by atoms with E-state index in [1.807, 2.05) is 12.1 Å². The average molecular weight is 328 g/mol. The molecule has 2 aromatic carbocycles. The van der Waals surface area contributed by atoms with Gasteiger partial charge in [0.1, 0.15) is 5.75 Å². The van der Waals surface area contributed by atoms with Crippen molar-refractivity contribution in [3.63, 3.8) is 0 Å². The van der Waals surface area contributed by atoms with Crippen molar-refractivity contribution >= 4 is 23.0 Å². The fourth-order valence-electron chi connectivity index (χ4n) is 2.29. The molecule has 3 N–H and O–H groups in total. The number of anilines is 1. The van der Waals surface area contributed by atoms with E-state index in [0.29, 0.717) is 10.9 Å². The van der Waals surface area contributed by atoms with Gasteiger partial charge in [-0.05, 0) is 66.9 Å². The van der Waals surface area contributed by atoms with Crippen LogP contribution in [-0.4, -0.2) is 16.8 Å². The van der Waals surface area contributed by atoms with E-state index < -0.39 is 0 Å². The molecular formula is C19H24N2OS. The lowest BCUT2D eigenvalue weighted by Crippen LogP contribution is -2.30.